The molecule has 7 rings (SSSR count). The van der Waals surface area contributed by atoms with Gasteiger partial charge in [0.15, 0.2) is 6.61 Å². The molecule has 47 heavy (non-hydrogen) atoms. The second-order valence-corrected chi connectivity index (χ2v) is 12.8. The third-order valence-electron chi connectivity index (χ3n) is 9.81. The minimum absolute atomic E-state index is 0.0247. The second-order valence-electron chi connectivity index (χ2n) is 12.8. The van der Waals surface area contributed by atoms with Gasteiger partial charge >= 0.3 is 0 Å². The van der Waals surface area contributed by atoms with Crippen LogP contribution in [-0.4, -0.2) is 94.0 Å². The minimum Gasteiger partial charge on any atom is -0.484 e. The van der Waals surface area contributed by atoms with Crippen LogP contribution in [0, 0.1) is 5.92 Å². The maximum Gasteiger partial charge on any atom is 0.260 e. The van der Waals surface area contributed by atoms with Crippen LogP contribution in [0.25, 0.3) is 10.8 Å². The molecular weight excluding hydrogens is 588 g/mol. The lowest BCUT2D eigenvalue weighted by atomic mass is 9.84. The molecule has 2 amide bonds. The average Bonchev–Trinajstić information content (AvgIpc) is 3.79. The number of piperidine rings is 1. The SMILES string of the molecule is CN1CCN(C(=O)c2c[nH]cc2C(c2cccc3ccccc23)c2cncn2CC2CCN(C(=O)COc3ccccc3)CC2)CC1. The summed E-state index contributed by atoms with van der Waals surface area (Å²) < 4.78 is 7.99. The number of ether oxygens (including phenoxy) is 1. The van der Waals surface area contributed by atoms with Gasteiger partial charge in [0.05, 0.1) is 17.8 Å². The van der Waals surface area contributed by atoms with Gasteiger partial charge in [0, 0.05) is 70.1 Å². The molecule has 0 saturated carbocycles. The first-order valence-electron chi connectivity index (χ1n) is 16.6. The summed E-state index contributed by atoms with van der Waals surface area (Å²) in [5, 5.41) is 2.33. The molecule has 9 heteroatoms. The van der Waals surface area contributed by atoms with E-state index >= 15 is 0 Å². The molecule has 2 aliphatic heterocycles. The minimum atomic E-state index is -0.196. The van der Waals surface area contributed by atoms with Gasteiger partial charge in [-0.2, -0.15) is 0 Å². The fourth-order valence-electron chi connectivity index (χ4n) is 7.09. The number of hydrogen-bond donors (Lipinski definition) is 1. The van der Waals surface area contributed by atoms with Gasteiger partial charge in [-0.05, 0) is 59.8 Å². The normalized spacial score (nSPS) is 16.8. The number of rotatable bonds is 9. The highest BCUT2D eigenvalue weighted by atomic mass is 16.5. The fourth-order valence-corrected chi connectivity index (χ4v) is 7.09. The molecule has 0 radical (unpaired) electrons. The molecule has 5 aromatic rings. The van der Waals surface area contributed by atoms with E-state index < -0.39 is 0 Å². The highest BCUT2D eigenvalue weighted by Crippen LogP contribution is 2.38. The monoisotopic (exact) mass is 630 g/mol. The summed E-state index contributed by atoms with van der Waals surface area (Å²) in [6.45, 7) is 5.45. The molecule has 2 aromatic heterocycles. The number of imidazole rings is 1. The predicted molar refractivity (Wildman–Crippen MR) is 183 cm³/mol. The van der Waals surface area contributed by atoms with Gasteiger partial charge < -0.3 is 29.0 Å². The highest BCUT2D eigenvalue weighted by Gasteiger charge is 2.31. The first-order valence-corrected chi connectivity index (χ1v) is 16.6. The number of carbonyl (C=O) groups is 2. The highest BCUT2D eigenvalue weighted by molar-refractivity contribution is 5.97. The van der Waals surface area contributed by atoms with Crippen LogP contribution < -0.4 is 4.74 Å². The maximum absolute atomic E-state index is 14.0. The van der Waals surface area contributed by atoms with Crippen molar-refractivity contribution in [2.24, 2.45) is 5.92 Å². The summed E-state index contributed by atoms with van der Waals surface area (Å²) in [7, 11) is 2.10. The van der Waals surface area contributed by atoms with Crippen molar-refractivity contribution in [3.63, 3.8) is 0 Å². The van der Waals surface area contributed by atoms with E-state index in [9.17, 15) is 9.59 Å². The number of nitrogens with zero attached hydrogens (tertiary/aromatic N) is 5. The van der Waals surface area contributed by atoms with Crippen molar-refractivity contribution in [2.75, 3.05) is 52.9 Å². The largest absolute Gasteiger partial charge is 0.484 e. The molecule has 9 nitrogen and oxygen atoms in total. The Kier molecular flexibility index (Phi) is 9.06. The van der Waals surface area contributed by atoms with Crippen LogP contribution in [0.4, 0.5) is 0 Å². The number of para-hydroxylation sites is 1. The van der Waals surface area contributed by atoms with Crippen LogP contribution in [-0.2, 0) is 11.3 Å². The Bertz CT molecular complexity index is 1810. The van der Waals surface area contributed by atoms with E-state index in [0.717, 1.165) is 73.2 Å². The molecule has 1 unspecified atom stereocenters. The van der Waals surface area contributed by atoms with Crippen molar-refractivity contribution in [3.8, 4) is 5.75 Å². The van der Waals surface area contributed by atoms with E-state index in [0.29, 0.717) is 30.3 Å². The first kappa shape index (κ1) is 30.7. The van der Waals surface area contributed by atoms with Crippen molar-refractivity contribution in [1.82, 2.24) is 29.2 Å². The van der Waals surface area contributed by atoms with Gasteiger partial charge in [-0.1, -0.05) is 60.7 Å². The molecule has 4 heterocycles. The molecule has 2 aliphatic rings. The number of fused-ring (bicyclic) bond motifs is 1. The van der Waals surface area contributed by atoms with Gasteiger partial charge in [0.1, 0.15) is 5.75 Å². The second kappa shape index (κ2) is 13.8. The molecule has 1 atom stereocenters. The third-order valence-corrected chi connectivity index (χ3v) is 9.81. The predicted octanol–water partition coefficient (Wildman–Crippen LogP) is 5.25. The quantitative estimate of drug-likeness (QED) is 0.241. The lowest BCUT2D eigenvalue weighted by Crippen LogP contribution is -2.47. The van der Waals surface area contributed by atoms with Gasteiger partial charge in [0.2, 0.25) is 0 Å². The van der Waals surface area contributed by atoms with Crippen molar-refractivity contribution in [1.29, 1.82) is 0 Å². The Morgan fingerprint density at radius 2 is 1.60 bits per heavy atom. The zero-order valence-electron chi connectivity index (χ0n) is 26.9. The number of nitrogens with one attached hydrogen (secondary N) is 1. The molecular formula is C38H42N6O3. The molecule has 1 N–H and O–H groups in total. The number of aromatic nitrogens is 3. The number of H-pyrrole nitrogens is 1. The fraction of sp³-hybridized carbons (Fsp3) is 0.342. The Morgan fingerprint density at radius 1 is 0.851 bits per heavy atom. The van der Waals surface area contributed by atoms with Crippen LogP contribution in [0.2, 0.25) is 0 Å². The van der Waals surface area contributed by atoms with Gasteiger partial charge in [-0.15, -0.1) is 0 Å². The molecule has 0 bridgehead atoms. The van der Waals surface area contributed by atoms with Gasteiger partial charge in [-0.3, -0.25) is 9.59 Å². The summed E-state index contributed by atoms with van der Waals surface area (Å²) in [5.41, 5.74) is 3.88. The van der Waals surface area contributed by atoms with E-state index in [1.54, 1.807) is 0 Å². The number of carbonyl (C=O) groups excluding carboxylic acids is 2. The topological polar surface area (TPSA) is 86.7 Å². The summed E-state index contributed by atoms with van der Waals surface area (Å²) in [6.07, 6.45) is 9.56. The van der Waals surface area contributed by atoms with E-state index in [1.165, 1.54) is 0 Å². The zero-order valence-corrected chi connectivity index (χ0v) is 26.9. The van der Waals surface area contributed by atoms with Crippen LogP contribution >= 0.6 is 0 Å². The zero-order chi connectivity index (χ0) is 32.2. The van der Waals surface area contributed by atoms with Crippen LogP contribution in [0.15, 0.2) is 97.7 Å². The Labute approximate surface area is 275 Å². The van der Waals surface area contributed by atoms with E-state index in [4.69, 9.17) is 4.74 Å². The number of hydrogen-bond acceptors (Lipinski definition) is 5. The molecule has 242 valence electrons. The number of aromatic amines is 1. The number of likely N-dealkylation sites (tertiary alicyclic amines) is 1. The van der Waals surface area contributed by atoms with E-state index in [2.05, 4.69) is 68.9 Å². The van der Waals surface area contributed by atoms with E-state index in [-0.39, 0.29) is 24.3 Å². The van der Waals surface area contributed by atoms with Crippen molar-refractivity contribution in [3.05, 3.63) is 120 Å². The summed E-state index contributed by atoms with van der Waals surface area (Å²) >= 11 is 0. The Morgan fingerprint density at radius 3 is 2.40 bits per heavy atom. The van der Waals surface area contributed by atoms with Crippen LogP contribution in [0.5, 0.6) is 5.75 Å². The number of benzene rings is 3. The number of amides is 2. The lowest BCUT2D eigenvalue weighted by molar-refractivity contribution is -0.134. The smallest absolute Gasteiger partial charge is 0.260 e. The van der Waals surface area contributed by atoms with Crippen molar-refractivity contribution >= 4 is 22.6 Å². The van der Waals surface area contributed by atoms with Gasteiger partial charge in [-0.25, -0.2) is 4.98 Å². The average molecular weight is 631 g/mol. The summed E-state index contributed by atoms with van der Waals surface area (Å²) in [5.74, 6) is 1.00. The van der Waals surface area contributed by atoms with Crippen LogP contribution in [0.1, 0.15) is 45.9 Å². The van der Waals surface area contributed by atoms with Crippen LogP contribution in [0.3, 0.4) is 0 Å². The number of piperazine rings is 1. The lowest BCUT2D eigenvalue weighted by Gasteiger charge is -2.33. The molecule has 2 fully saturated rings. The molecule has 0 spiro atoms. The standard InChI is InChI=1S/C38H42N6O3/c1-41-18-20-43(21-19-41)38(46)34-23-39-22-33(34)37(32-13-7-9-29-8-5-6-12-31(29)32)35-24-40-27-44(35)25-28-14-16-42(17-15-28)36(45)26-47-30-10-3-2-4-11-30/h2-13,22-24,27-28,37,39H,14-21,25-26H2,1H3. The Hall–Kier alpha value is -4.89. The first-order chi connectivity index (χ1) is 23.0. The van der Waals surface area contributed by atoms with E-state index in [1.807, 2.05) is 65.0 Å². The number of likely N-dealkylation sites (N-methyl/N-ethyl adjacent to an activating group) is 1. The summed E-state index contributed by atoms with van der Waals surface area (Å²) in [4.78, 5) is 41.0. The maximum atomic E-state index is 14.0. The third kappa shape index (κ3) is 6.67. The Balaban J connectivity index is 1.13. The summed E-state index contributed by atoms with van der Waals surface area (Å²) in [6, 6.07) is 24.4. The molecule has 3 aromatic carbocycles. The molecule has 2 saturated heterocycles. The van der Waals surface area contributed by atoms with Crippen molar-refractivity contribution in [2.45, 2.75) is 25.3 Å². The van der Waals surface area contributed by atoms with Gasteiger partial charge in [0.25, 0.3) is 11.8 Å². The molecule has 0 aliphatic carbocycles. The van der Waals surface area contributed by atoms with Crippen molar-refractivity contribution < 1.29 is 14.3 Å².